The van der Waals surface area contributed by atoms with E-state index in [1.807, 2.05) is 23.1 Å². The van der Waals surface area contributed by atoms with Crippen molar-refractivity contribution in [2.24, 2.45) is 0 Å². The fourth-order valence-electron chi connectivity index (χ4n) is 2.34. The lowest BCUT2D eigenvalue weighted by Crippen LogP contribution is -2.41. The first-order valence-electron chi connectivity index (χ1n) is 7.54. The standard InChI is InChI=1S/C17H24N2O2/c1-15(13-16-5-3-2-4-6-16)14-18-8-7-17(20)19-9-11-21-12-10-19/h2-6,13,18H,7-12,14H2,1H3/b15-13-. The molecule has 0 aliphatic carbocycles. The van der Waals surface area contributed by atoms with Crippen LogP contribution < -0.4 is 5.32 Å². The van der Waals surface area contributed by atoms with Crippen molar-refractivity contribution < 1.29 is 9.53 Å². The molecule has 1 saturated heterocycles. The summed E-state index contributed by atoms with van der Waals surface area (Å²) in [5.74, 6) is 0.218. The molecule has 1 heterocycles. The number of carbonyl (C=O) groups is 1. The molecule has 0 bridgehead atoms. The minimum atomic E-state index is 0.218. The Morgan fingerprint density at radius 1 is 1.29 bits per heavy atom. The first-order valence-corrected chi connectivity index (χ1v) is 7.54. The molecule has 1 aliphatic heterocycles. The lowest BCUT2D eigenvalue weighted by Gasteiger charge is -2.26. The topological polar surface area (TPSA) is 41.6 Å². The Kier molecular flexibility index (Phi) is 6.44. The van der Waals surface area contributed by atoms with Gasteiger partial charge in [-0.1, -0.05) is 42.0 Å². The van der Waals surface area contributed by atoms with E-state index < -0.39 is 0 Å². The van der Waals surface area contributed by atoms with E-state index in [2.05, 4.69) is 30.4 Å². The molecule has 114 valence electrons. The maximum Gasteiger partial charge on any atom is 0.224 e. The van der Waals surface area contributed by atoms with Gasteiger partial charge in [0.05, 0.1) is 13.2 Å². The highest BCUT2D eigenvalue weighted by Crippen LogP contribution is 2.05. The Balaban J connectivity index is 1.65. The summed E-state index contributed by atoms with van der Waals surface area (Å²) in [6, 6.07) is 10.3. The molecule has 0 unspecified atom stereocenters. The zero-order valence-corrected chi connectivity index (χ0v) is 12.7. The van der Waals surface area contributed by atoms with Crippen LogP contribution in [0.1, 0.15) is 18.9 Å². The van der Waals surface area contributed by atoms with Crippen molar-refractivity contribution in [3.8, 4) is 0 Å². The summed E-state index contributed by atoms with van der Waals surface area (Å²) in [6.45, 7) is 6.42. The Labute approximate surface area is 126 Å². The smallest absolute Gasteiger partial charge is 0.224 e. The van der Waals surface area contributed by atoms with Gasteiger partial charge in [0.2, 0.25) is 5.91 Å². The average Bonchev–Trinajstić information content (AvgIpc) is 2.53. The van der Waals surface area contributed by atoms with Crippen molar-refractivity contribution in [2.45, 2.75) is 13.3 Å². The van der Waals surface area contributed by atoms with Crippen molar-refractivity contribution in [2.75, 3.05) is 39.4 Å². The first-order chi connectivity index (χ1) is 10.3. The lowest BCUT2D eigenvalue weighted by atomic mass is 10.1. The van der Waals surface area contributed by atoms with Gasteiger partial charge in [-0.25, -0.2) is 0 Å². The largest absolute Gasteiger partial charge is 0.378 e. The molecular weight excluding hydrogens is 264 g/mol. The summed E-state index contributed by atoms with van der Waals surface area (Å²) in [5.41, 5.74) is 2.47. The number of nitrogens with one attached hydrogen (secondary N) is 1. The summed E-state index contributed by atoms with van der Waals surface area (Å²) >= 11 is 0. The van der Waals surface area contributed by atoms with E-state index in [4.69, 9.17) is 4.74 Å². The third-order valence-electron chi connectivity index (χ3n) is 3.50. The van der Waals surface area contributed by atoms with Gasteiger partial charge in [0, 0.05) is 32.6 Å². The first kappa shape index (κ1) is 15.7. The van der Waals surface area contributed by atoms with Crippen LogP contribution in [0.2, 0.25) is 0 Å². The number of hydrogen-bond acceptors (Lipinski definition) is 3. The number of hydrogen-bond donors (Lipinski definition) is 1. The van der Waals surface area contributed by atoms with E-state index in [0.29, 0.717) is 19.6 Å². The second-order valence-electron chi connectivity index (χ2n) is 5.32. The Morgan fingerprint density at radius 2 is 2.00 bits per heavy atom. The fraction of sp³-hybridized carbons (Fsp3) is 0.471. The third kappa shape index (κ3) is 5.69. The Hall–Kier alpha value is -1.65. The molecule has 1 fully saturated rings. The second kappa shape index (κ2) is 8.60. The van der Waals surface area contributed by atoms with Gasteiger partial charge >= 0.3 is 0 Å². The van der Waals surface area contributed by atoms with Crippen LogP contribution in [-0.4, -0.2) is 50.2 Å². The molecule has 0 aromatic heterocycles. The number of benzene rings is 1. The van der Waals surface area contributed by atoms with Crippen LogP contribution in [0.4, 0.5) is 0 Å². The molecule has 0 radical (unpaired) electrons. The van der Waals surface area contributed by atoms with Gasteiger partial charge in [0.1, 0.15) is 0 Å². The van der Waals surface area contributed by atoms with Crippen LogP contribution in [0, 0.1) is 0 Å². The number of amides is 1. The molecule has 0 spiro atoms. The molecule has 4 nitrogen and oxygen atoms in total. The van der Waals surface area contributed by atoms with Crippen molar-refractivity contribution in [1.29, 1.82) is 0 Å². The summed E-state index contributed by atoms with van der Waals surface area (Å²) in [4.78, 5) is 13.8. The van der Waals surface area contributed by atoms with Crippen molar-refractivity contribution in [3.63, 3.8) is 0 Å². The van der Waals surface area contributed by atoms with E-state index in [1.54, 1.807) is 0 Å². The molecule has 2 rings (SSSR count). The highest BCUT2D eigenvalue weighted by atomic mass is 16.5. The van der Waals surface area contributed by atoms with Crippen molar-refractivity contribution in [1.82, 2.24) is 10.2 Å². The van der Waals surface area contributed by atoms with Gasteiger partial charge < -0.3 is 15.0 Å². The molecule has 21 heavy (non-hydrogen) atoms. The van der Waals surface area contributed by atoms with Gasteiger partial charge in [-0.15, -0.1) is 0 Å². The van der Waals surface area contributed by atoms with E-state index in [-0.39, 0.29) is 5.91 Å². The monoisotopic (exact) mass is 288 g/mol. The summed E-state index contributed by atoms with van der Waals surface area (Å²) in [5, 5.41) is 3.33. The molecule has 0 atom stereocenters. The zero-order chi connectivity index (χ0) is 14.9. The maximum atomic E-state index is 11.9. The van der Waals surface area contributed by atoms with Crippen LogP contribution in [-0.2, 0) is 9.53 Å². The number of morpholine rings is 1. The van der Waals surface area contributed by atoms with Crippen LogP contribution in [0.15, 0.2) is 35.9 Å². The summed E-state index contributed by atoms with van der Waals surface area (Å²) < 4.78 is 5.25. The SMILES string of the molecule is C/C(=C/c1ccccc1)CNCCC(=O)N1CCOCC1. The molecular formula is C17H24N2O2. The normalized spacial score (nSPS) is 16.0. The number of ether oxygens (including phenoxy) is 1. The zero-order valence-electron chi connectivity index (χ0n) is 12.7. The minimum Gasteiger partial charge on any atom is -0.378 e. The van der Waals surface area contributed by atoms with Crippen LogP contribution >= 0.6 is 0 Å². The number of rotatable bonds is 6. The quantitative estimate of drug-likeness (QED) is 0.813. The van der Waals surface area contributed by atoms with Gasteiger partial charge in [0.25, 0.3) is 0 Å². The van der Waals surface area contributed by atoms with Crippen molar-refractivity contribution >= 4 is 12.0 Å². The van der Waals surface area contributed by atoms with Gasteiger partial charge in [0.15, 0.2) is 0 Å². The highest BCUT2D eigenvalue weighted by molar-refractivity contribution is 5.76. The maximum absolute atomic E-state index is 11.9. The molecule has 1 aromatic rings. The van der Waals surface area contributed by atoms with E-state index >= 15 is 0 Å². The number of nitrogens with zero attached hydrogens (tertiary/aromatic N) is 1. The molecule has 4 heteroatoms. The van der Waals surface area contributed by atoms with Crippen LogP contribution in [0.3, 0.4) is 0 Å². The number of carbonyl (C=O) groups excluding carboxylic acids is 1. The summed E-state index contributed by atoms with van der Waals surface area (Å²) in [7, 11) is 0. The summed E-state index contributed by atoms with van der Waals surface area (Å²) in [6.07, 6.45) is 2.72. The molecule has 0 saturated carbocycles. The van der Waals surface area contributed by atoms with Gasteiger partial charge in [-0.2, -0.15) is 0 Å². The predicted molar refractivity (Wildman–Crippen MR) is 85.0 cm³/mol. The Morgan fingerprint density at radius 3 is 2.71 bits per heavy atom. The third-order valence-corrected chi connectivity index (χ3v) is 3.50. The van der Waals surface area contributed by atoms with Crippen LogP contribution in [0.25, 0.3) is 6.08 Å². The molecule has 1 aromatic carbocycles. The van der Waals surface area contributed by atoms with Crippen LogP contribution in [0.5, 0.6) is 0 Å². The van der Waals surface area contributed by atoms with E-state index in [9.17, 15) is 4.79 Å². The average molecular weight is 288 g/mol. The lowest BCUT2D eigenvalue weighted by molar-refractivity contribution is -0.135. The van der Waals surface area contributed by atoms with Gasteiger partial charge in [-0.05, 0) is 12.5 Å². The fourth-order valence-corrected chi connectivity index (χ4v) is 2.34. The van der Waals surface area contributed by atoms with Crippen molar-refractivity contribution in [3.05, 3.63) is 41.5 Å². The minimum absolute atomic E-state index is 0.218. The highest BCUT2D eigenvalue weighted by Gasteiger charge is 2.15. The second-order valence-corrected chi connectivity index (χ2v) is 5.32. The molecule has 1 amide bonds. The van der Waals surface area contributed by atoms with E-state index in [1.165, 1.54) is 11.1 Å². The van der Waals surface area contributed by atoms with E-state index in [0.717, 1.165) is 26.2 Å². The predicted octanol–water partition coefficient (Wildman–Crippen LogP) is 1.93. The van der Waals surface area contributed by atoms with Gasteiger partial charge in [-0.3, -0.25) is 4.79 Å². The molecule has 1 aliphatic rings. The molecule has 1 N–H and O–H groups in total. The Bertz CT molecular complexity index is 465.